The van der Waals surface area contributed by atoms with Gasteiger partial charge in [0.2, 0.25) is 20.0 Å². The number of nitrogens with one attached hydrogen (secondary N) is 3. The Labute approximate surface area is 213 Å². The third-order valence-corrected chi connectivity index (χ3v) is 8.56. The Morgan fingerprint density at radius 3 is 1.97 bits per heavy atom. The molecule has 2 aromatic carbocycles. The van der Waals surface area contributed by atoms with Gasteiger partial charge in [0.05, 0.1) is 22.9 Å². The highest BCUT2D eigenvalue weighted by molar-refractivity contribution is 7.89. The minimum Gasteiger partial charge on any atom is -0.368 e. The highest BCUT2D eigenvalue weighted by atomic mass is 32.2. The number of benzene rings is 2. The number of hydrogen-bond donors (Lipinski definition) is 4. The molecule has 12 heteroatoms. The summed E-state index contributed by atoms with van der Waals surface area (Å²) < 4.78 is 55.2. The van der Waals surface area contributed by atoms with Gasteiger partial charge in [-0.3, -0.25) is 9.98 Å². The normalized spacial score (nSPS) is 14.5. The zero-order valence-corrected chi connectivity index (χ0v) is 22.0. The lowest BCUT2D eigenvalue weighted by molar-refractivity contribution is 0.568. The number of rotatable bonds is 14. The Morgan fingerprint density at radius 1 is 0.917 bits per heavy atom. The molecule has 0 amide bonds. The smallest absolute Gasteiger partial charge is 0.240 e. The fourth-order valence-electron chi connectivity index (χ4n) is 3.59. The second-order valence-electron chi connectivity index (χ2n) is 8.32. The number of nitrogens with zero attached hydrogens (tertiary/aromatic N) is 2. The number of sulfonamides is 2. The van der Waals surface area contributed by atoms with Crippen LogP contribution in [0.2, 0.25) is 0 Å². The van der Waals surface area contributed by atoms with Crippen molar-refractivity contribution in [1.29, 1.82) is 0 Å². The van der Waals surface area contributed by atoms with E-state index in [9.17, 15) is 16.8 Å². The number of hydrogen-bond acceptors (Lipinski definition) is 8. The first-order chi connectivity index (χ1) is 17.2. The second kappa shape index (κ2) is 13.1. The Morgan fingerprint density at radius 2 is 1.47 bits per heavy atom. The van der Waals surface area contributed by atoms with Crippen LogP contribution in [0.3, 0.4) is 0 Å². The topological polar surface area (TPSA) is 155 Å². The van der Waals surface area contributed by atoms with Crippen LogP contribution in [0, 0.1) is 0 Å². The van der Waals surface area contributed by atoms with Crippen molar-refractivity contribution in [3.8, 4) is 0 Å². The molecule has 2 aromatic rings. The Kier molecular flexibility index (Phi) is 10.1. The van der Waals surface area contributed by atoms with Gasteiger partial charge >= 0.3 is 0 Å². The standard InChI is InChI=1S/C24H34N6O4S2/c1-19(26-16-13-25)20-5-9-22(10-6-20)35(31,32)29-14-3-2-4-15-30-36(33,34)23-11-7-21(8-12-23)24-27-17-18-28-24/h5-12,29-30H,2-4,13-18,25H2,1H3,(H,27,28). The minimum atomic E-state index is -3.62. The fraction of sp³-hybridized carbons (Fsp3) is 0.417. The van der Waals surface area contributed by atoms with E-state index >= 15 is 0 Å². The molecule has 0 saturated heterocycles. The first kappa shape index (κ1) is 27.9. The van der Waals surface area contributed by atoms with E-state index in [0.29, 0.717) is 32.4 Å². The second-order valence-corrected chi connectivity index (χ2v) is 11.9. The molecule has 0 bridgehead atoms. The zero-order valence-electron chi connectivity index (χ0n) is 20.4. The molecule has 3 rings (SSSR count). The van der Waals surface area contributed by atoms with E-state index in [1.54, 1.807) is 48.5 Å². The summed E-state index contributed by atoms with van der Waals surface area (Å²) in [5.74, 6) is 0.780. The van der Waals surface area contributed by atoms with E-state index in [0.717, 1.165) is 35.8 Å². The van der Waals surface area contributed by atoms with E-state index in [-0.39, 0.29) is 22.9 Å². The average molecular weight is 535 g/mol. The summed E-state index contributed by atoms with van der Waals surface area (Å²) in [6, 6.07) is 13.2. The molecule has 1 aliphatic heterocycles. The van der Waals surface area contributed by atoms with Gasteiger partial charge in [0, 0.05) is 37.5 Å². The van der Waals surface area contributed by atoms with Gasteiger partial charge in [0.25, 0.3) is 0 Å². The van der Waals surface area contributed by atoms with Gasteiger partial charge in [0.1, 0.15) is 5.84 Å². The molecular weight excluding hydrogens is 500 g/mol. The molecule has 10 nitrogen and oxygen atoms in total. The molecule has 1 aliphatic rings. The third kappa shape index (κ3) is 7.93. The van der Waals surface area contributed by atoms with E-state index in [1.807, 2.05) is 6.92 Å². The first-order valence-electron chi connectivity index (χ1n) is 11.9. The van der Waals surface area contributed by atoms with Crippen LogP contribution in [0.4, 0.5) is 0 Å². The van der Waals surface area contributed by atoms with Gasteiger partial charge < -0.3 is 11.1 Å². The summed E-state index contributed by atoms with van der Waals surface area (Å²) in [4.78, 5) is 9.03. The zero-order chi connectivity index (χ0) is 26.0. The van der Waals surface area contributed by atoms with Crippen LogP contribution in [0.15, 0.2) is 68.3 Å². The van der Waals surface area contributed by atoms with Gasteiger partial charge in [0.15, 0.2) is 0 Å². The van der Waals surface area contributed by atoms with Crippen LogP contribution in [0.5, 0.6) is 0 Å². The van der Waals surface area contributed by atoms with Crippen molar-refractivity contribution in [2.24, 2.45) is 15.7 Å². The Hall–Kier alpha value is -2.64. The van der Waals surface area contributed by atoms with Gasteiger partial charge in [-0.05, 0) is 61.7 Å². The predicted molar refractivity (Wildman–Crippen MR) is 143 cm³/mol. The lowest BCUT2D eigenvalue weighted by Crippen LogP contribution is -2.26. The highest BCUT2D eigenvalue weighted by Gasteiger charge is 2.16. The molecule has 0 spiro atoms. The summed E-state index contributed by atoms with van der Waals surface area (Å²) in [6.07, 6.45) is 1.86. The van der Waals surface area contributed by atoms with Gasteiger partial charge in [-0.1, -0.05) is 18.6 Å². The molecule has 196 valence electrons. The fourth-order valence-corrected chi connectivity index (χ4v) is 5.74. The molecule has 1 heterocycles. The number of nitrogens with two attached hydrogens (primary N) is 1. The number of aliphatic imine (C=N–C) groups is 2. The van der Waals surface area contributed by atoms with Crippen LogP contribution in [-0.4, -0.2) is 67.7 Å². The van der Waals surface area contributed by atoms with Crippen molar-refractivity contribution in [3.05, 3.63) is 59.7 Å². The van der Waals surface area contributed by atoms with Crippen molar-refractivity contribution in [1.82, 2.24) is 14.8 Å². The van der Waals surface area contributed by atoms with Crippen molar-refractivity contribution in [2.45, 2.75) is 36.0 Å². The number of unbranched alkanes of at least 4 members (excludes halogenated alkanes) is 2. The predicted octanol–water partition coefficient (Wildman–Crippen LogP) is 1.23. The Balaban J connectivity index is 1.38. The lowest BCUT2D eigenvalue weighted by Gasteiger charge is -2.09. The SMILES string of the molecule is CC(=NCCN)c1ccc(S(=O)(=O)NCCCCCNS(=O)(=O)c2ccc(C3=NCCN3)cc2)cc1. The molecule has 5 N–H and O–H groups in total. The molecular formula is C24H34N6O4S2. The van der Waals surface area contributed by atoms with Crippen LogP contribution >= 0.6 is 0 Å². The Bertz CT molecular complexity index is 1270. The largest absolute Gasteiger partial charge is 0.368 e. The van der Waals surface area contributed by atoms with E-state index in [4.69, 9.17) is 5.73 Å². The minimum absolute atomic E-state index is 0.187. The monoisotopic (exact) mass is 534 g/mol. The molecule has 36 heavy (non-hydrogen) atoms. The van der Waals surface area contributed by atoms with Gasteiger partial charge in [-0.15, -0.1) is 0 Å². The summed E-state index contributed by atoms with van der Waals surface area (Å²) in [5.41, 5.74) is 7.97. The molecule has 0 atom stereocenters. The van der Waals surface area contributed by atoms with Crippen LogP contribution in [0.1, 0.15) is 37.3 Å². The van der Waals surface area contributed by atoms with Gasteiger partial charge in [-0.25, -0.2) is 26.3 Å². The third-order valence-electron chi connectivity index (χ3n) is 5.61. The molecule has 0 aromatic heterocycles. The maximum Gasteiger partial charge on any atom is 0.240 e. The summed E-state index contributed by atoms with van der Waals surface area (Å²) in [5, 5.41) is 3.15. The van der Waals surface area contributed by atoms with Crippen molar-refractivity contribution < 1.29 is 16.8 Å². The van der Waals surface area contributed by atoms with Gasteiger partial charge in [-0.2, -0.15) is 0 Å². The first-order valence-corrected chi connectivity index (χ1v) is 14.9. The molecule has 0 saturated carbocycles. The molecule has 0 radical (unpaired) electrons. The van der Waals surface area contributed by atoms with E-state index in [1.165, 1.54) is 0 Å². The van der Waals surface area contributed by atoms with Crippen LogP contribution in [0.25, 0.3) is 0 Å². The maximum atomic E-state index is 12.5. The van der Waals surface area contributed by atoms with E-state index < -0.39 is 20.0 Å². The molecule has 0 unspecified atom stereocenters. The average Bonchev–Trinajstić information content (AvgIpc) is 3.42. The van der Waals surface area contributed by atoms with Crippen molar-refractivity contribution >= 4 is 31.6 Å². The van der Waals surface area contributed by atoms with Crippen molar-refractivity contribution in [3.63, 3.8) is 0 Å². The summed E-state index contributed by atoms with van der Waals surface area (Å²) in [7, 11) is -7.22. The number of amidine groups is 1. The molecule has 0 aliphatic carbocycles. The summed E-state index contributed by atoms with van der Waals surface area (Å²) >= 11 is 0. The molecule has 0 fully saturated rings. The maximum absolute atomic E-state index is 12.5. The summed E-state index contributed by atoms with van der Waals surface area (Å²) in [6.45, 7) is 4.90. The lowest BCUT2D eigenvalue weighted by atomic mass is 10.1. The van der Waals surface area contributed by atoms with Crippen LogP contribution in [-0.2, 0) is 20.0 Å². The quantitative estimate of drug-likeness (QED) is 0.211. The van der Waals surface area contributed by atoms with Crippen LogP contribution < -0.4 is 20.5 Å². The van der Waals surface area contributed by atoms with E-state index in [2.05, 4.69) is 24.7 Å². The van der Waals surface area contributed by atoms with Crippen molar-refractivity contribution in [2.75, 3.05) is 39.3 Å². The highest BCUT2D eigenvalue weighted by Crippen LogP contribution is 2.13.